The summed E-state index contributed by atoms with van der Waals surface area (Å²) in [6.45, 7) is 5.04. The number of aliphatic hydroxyl groups is 2. The number of benzene rings is 2. The number of hydrogen-bond donors (Lipinski definition) is 6. The van der Waals surface area contributed by atoms with E-state index in [0.29, 0.717) is 0 Å². The SMILES string of the molecule is COc1cccc2c1C(=O)c1c(O)c3c(c(O)c1C2=O)C[C@@](O)(C(=O)NC(C)C)C[C@@H]3O[C@H]1C[C@H](N)[C@H](O)[C@H](C)O1. The van der Waals surface area contributed by atoms with E-state index in [-0.39, 0.29) is 46.9 Å². The van der Waals surface area contributed by atoms with Crippen molar-refractivity contribution in [2.75, 3.05) is 7.11 Å². The van der Waals surface area contributed by atoms with Crippen molar-refractivity contribution in [1.82, 2.24) is 5.32 Å². The maximum Gasteiger partial charge on any atom is 0.252 e. The van der Waals surface area contributed by atoms with Crippen molar-refractivity contribution in [3.63, 3.8) is 0 Å². The summed E-state index contributed by atoms with van der Waals surface area (Å²) in [6, 6.07) is 3.40. The first-order chi connectivity index (χ1) is 19.3. The Bertz CT molecular complexity index is 1430. The third kappa shape index (κ3) is 4.65. The molecule has 1 heterocycles. The number of ether oxygens (including phenoxy) is 3. The van der Waals surface area contributed by atoms with Gasteiger partial charge >= 0.3 is 0 Å². The van der Waals surface area contributed by atoms with Gasteiger partial charge in [0.15, 0.2) is 12.1 Å². The predicted molar refractivity (Wildman–Crippen MR) is 143 cm³/mol. The molecule has 41 heavy (non-hydrogen) atoms. The predicted octanol–water partition coefficient (Wildman–Crippen LogP) is 0.964. The monoisotopic (exact) mass is 570 g/mol. The number of rotatable bonds is 5. The number of methoxy groups -OCH3 is 1. The minimum atomic E-state index is -2.12. The number of carbonyl (C=O) groups excluding carboxylic acids is 3. The average Bonchev–Trinajstić information content (AvgIpc) is 2.91. The largest absolute Gasteiger partial charge is 0.507 e. The maximum atomic E-state index is 13.7. The normalized spacial score (nSPS) is 29.0. The Morgan fingerprint density at radius 3 is 2.46 bits per heavy atom. The number of amides is 1. The second-order valence-corrected chi connectivity index (χ2v) is 11.2. The second kappa shape index (κ2) is 10.4. The van der Waals surface area contributed by atoms with Gasteiger partial charge in [0.1, 0.15) is 22.8 Å². The van der Waals surface area contributed by atoms with E-state index in [0.717, 1.165) is 0 Å². The number of ketones is 2. The number of phenolic OH excluding ortho intramolecular Hbond substituents is 2. The molecule has 2 aromatic carbocycles. The summed E-state index contributed by atoms with van der Waals surface area (Å²) in [5, 5.41) is 47.5. The van der Waals surface area contributed by atoms with Crippen LogP contribution >= 0.6 is 0 Å². The molecule has 12 heteroatoms. The Morgan fingerprint density at radius 2 is 1.83 bits per heavy atom. The van der Waals surface area contributed by atoms with Crippen molar-refractivity contribution in [2.24, 2.45) is 5.73 Å². The minimum absolute atomic E-state index is 0.0231. The first-order valence-electron chi connectivity index (χ1n) is 13.4. The van der Waals surface area contributed by atoms with Crippen LogP contribution in [-0.4, -0.2) is 81.2 Å². The molecule has 7 N–H and O–H groups in total. The standard InChI is InChI=1S/C29H34N2O10/c1-11(2)31-28(37)29(38)9-14-20(17(10-29)41-18-8-15(30)23(32)12(3)40-18)27(36)22-21(25(14)34)24(33)13-6-5-7-16(39-4)19(13)26(22)35/h5-7,11-12,15,17-18,23,32,34,36,38H,8-10,30H2,1-4H3,(H,31,37)/t12-,15-,17-,18-,23+,29-/m0/s1. The lowest BCUT2D eigenvalue weighted by Crippen LogP contribution is -2.54. The minimum Gasteiger partial charge on any atom is -0.507 e. The van der Waals surface area contributed by atoms with Gasteiger partial charge in [0.25, 0.3) is 5.91 Å². The topological polar surface area (TPSA) is 198 Å². The van der Waals surface area contributed by atoms with Gasteiger partial charge in [-0.15, -0.1) is 0 Å². The fraction of sp³-hybridized carbons (Fsp3) is 0.483. The first-order valence-corrected chi connectivity index (χ1v) is 13.4. The van der Waals surface area contributed by atoms with Crippen molar-refractivity contribution in [3.8, 4) is 17.2 Å². The average molecular weight is 571 g/mol. The molecule has 1 saturated heterocycles. The molecule has 1 aliphatic heterocycles. The molecule has 0 spiro atoms. The molecule has 2 aliphatic carbocycles. The Labute approximate surface area is 236 Å². The summed E-state index contributed by atoms with van der Waals surface area (Å²) in [5.74, 6) is -3.36. The van der Waals surface area contributed by atoms with Gasteiger partial charge in [-0.25, -0.2) is 0 Å². The number of aliphatic hydroxyl groups excluding tert-OH is 1. The first kappa shape index (κ1) is 29.0. The molecule has 0 unspecified atom stereocenters. The highest BCUT2D eigenvalue weighted by molar-refractivity contribution is 6.31. The quantitative estimate of drug-likeness (QED) is 0.239. The molecule has 1 amide bonds. The van der Waals surface area contributed by atoms with E-state index in [2.05, 4.69) is 5.32 Å². The third-order valence-electron chi connectivity index (χ3n) is 7.99. The Balaban J connectivity index is 1.68. The van der Waals surface area contributed by atoms with E-state index >= 15 is 0 Å². The van der Waals surface area contributed by atoms with E-state index in [1.54, 1.807) is 20.8 Å². The summed E-state index contributed by atoms with van der Waals surface area (Å²) in [6.07, 6.45) is -4.76. The van der Waals surface area contributed by atoms with Crippen molar-refractivity contribution >= 4 is 17.5 Å². The van der Waals surface area contributed by atoms with Crippen LogP contribution in [0.25, 0.3) is 0 Å². The molecule has 220 valence electrons. The molecule has 6 atom stereocenters. The second-order valence-electron chi connectivity index (χ2n) is 11.2. The number of carbonyl (C=O) groups is 3. The fourth-order valence-corrected chi connectivity index (χ4v) is 5.96. The van der Waals surface area contributed by atoms with Gasteiger partial charge in [-0.1, -0.05) is 12.1 Å². The number of fused-ring (bicyclic) bond motifs is 3. The van der Waals surface area contributed by atoms with Gasteiger partial charge in [0.2, 0.25) is 5.78 Å². The molecule has 0 radical (unpaired) electrons. The van der Waals surface area contributed by atoms with Crippen LogP contribution in [0.15, 0.2) is 18.2 Å². The fourth-order valence-electron chi connectivity index (χ4n) is 5.96. The molecule has 3 aliphatic rings. The van der Waals surface area contributed by atoms with Crippen LogP contribution in [0.5, 0.6) is 17.2 Å². The Kier molecular flexibility index (Phi) is 7.33. The van der Waals surface area contributed by atoms with E-state index < -0.39 is 82.8 Å². The van der Waals surface area contributed by atoms with E-state index in [4.69, 9.17) is 19.9 Å². The van der Waals surface area contributed by atoms with Crippen LogP contribution in [0.3, 0.4) is 0 Å². The van der Waals surface area contributed by atoms with Crippen molar-refractivity contribution in [1.29, 1.82) is 0 Å². The van der Waals surface area contributed by atoms with Gasteiger partial charge in [-0.2, -0.15) is 0 Å². The van der Waals surface area contributed by atoms with Gasteiger partial charge in [0, 0.05) is 48.0 Å². The molecule has 0 bridgehead atoms. The number of nitrogens with two attached hydrogens (primary N) is 1. The molecule has 0 saturated carbocycles. The van der Waals surface area contributed by atoms with E-state index in [9.17, 15) is 34.8 Å². The molecular formula is C29H34N2O10. The van der Waals surface area contributed by atoms with Crippen molar-refractivity contribution < 1.29 is 49.0 Å². The number of hydrogen-bond acceptors (Lipinski definition) is 11. The van der Waals surface area contributed by atoms with Crippen LogP contribution in [0.4, 0.5) is 0 Å². The third-order valence-corrected chi connectivity index (χ3v) is 7.99. The number of nitrogens with one attached hydrogen (secondary N) is 1. The van der Waals surface area contributed by atoms with Crippen LogP contribution < -0.4 is 15.8 Å². The van der Waals surface area contributed by atoms with Gasteiger partial charge in [0.05, 0.1) is 42.1 Å². The van der Waals surface area contributed by atoms with E-state index in [1.165, 1.54) is 25.3 Å². The molecule has 2 aromatic rings. The molecule has 12 nitrogen and oxygen atoms in total. The highest BCUT2D eigenvalue weighted by atomic mass is 16.7. The maximum absolute atomic E-state index is 13.7. The van der Waals surface area contributed by atoms with Gasteiger partial charge in [-0.3, -0.25) is 14.4 Å². The lowest BCUT2D eigenvalue weighted by Gasteiger charge is -2.42. The molecule has 0 aromatic heterocycles. The van der Waals surface area contributed by atoms with Crippen LogP contribution in [0, 0.1) is 0 Å². The summed E-state index contributed by atoms with van der Waals surface area (Å²) < 4.78 is 17.2. The van der Waals surface area contributed by atoms with Gasteiger partial charge in [-0.05, 0) is 26.8 Å². The zero-order valence-electron chi connectivity index (χ0n) is 23.1. The highest BCUT2D eigenvalue weighted by Gasteiger charge is 2.50. The van der Waals surface area contributed by atoms with Gasteiger partial charge < -0.3 is 45.7 Å². The lowest BCUT2D eigenvalue weighted by molar-refractivity contribution is -0.247. The Morgan fingerprint density at radius 1 is 1.15 bits per heavy atom. The summed E-state index contributed by atoms with van der Waals surface area (Å²) >= 11 is 0. The van der Waals surface area contributed by atoms with Crippen LogP contribution in [0.1, 0.15) is 82.7 Å². The molecule has 5 rings (SSSR count). The zero-order chi connectivity index (χ0) is 30.0. The van der Waals surface area contributed by atoms with E-state index in [1.807, 2.05) is 0 Å². The van der Waals surface area contributed by atoms with Crippen LogP contribution in [-0.2, 0) is 20.7 Å². The van der Waals surface area contributed by atoms with Crippen molar-refractivity contribution in [2.45, 2.75) is 82.3 Å². The zero-order valence-corrected chi connectivity index (χ0v) is 23.1. The molecule has 1 fully saturated rings. The summed E-state index contributed by atoms with van der Waals surface area (Å²) in [7, 11) is 1.34. The summed E-state index contributed by atoms with van der Waals surface area (Å²) in [5.41, 5.74) is 2.82. The van der Waals surface area contributed by atoms with Crippen molar-refractivity contribution in [3.05, 3.63) is 51.6 Å². The number of aromatic hydroxyl groups is 2. The smallest absolute Gasteiger partial charge is 0.252 e. The van der Waals surface area contributed by atoms with Crippen LogP contribution in [0.2, 0.25) is 0 Å². The highest BCUT2D eigenvalue weighted by Crippen LogP contribution is 2.52. The lowest BCUT2D eigenvalue weighted by atomic mass is 9.72. The molecular weight excluding hydrogens is 536 g/mol. The summed E-state index contributed by atoms with van der Waals surface area (Å²) in [4.78, 5) is 40.5. The number of phenols is 2. The Hall–Kier alpha value is -3.55.